The number of rotatable bonds is 5. The summed E-state index contributed by atoms with van der Waals surface area (Å²) in [6.45, 7) is 1.90. The molecule has 20 heavy (non-hydrogen) atoms. The van der Waals surface area contributed by atoms with Gasteiger partial charge in [0.15, 0.2) is 0 Å². The van der Waals surface area contributed by atoms with Crippen molar-refractivity contribution in [2.45, 2.75) is 31.2 Å². The number of hydrogen-bond donors (Lipinski definition) is 1. The molecular weight excluding hydrogens is 276 g/mol. The fraction of sp³-hybridized carbons (Fsp3) is 0.571. The van der Waals surface area contributed by atoms with Gasteiger partial charge in [-0.3, -0.25) is 0 Å². The van der Waals surface area contributed by atoms with Crippen LogP contribution >= 0.6 is 0 Å². The van der Waals surface area contributed by atoms with E-state index in [0.29, 0.717) is 39.1 Å². The van der Waals surface area contributed by atoms with Crippen LogP contribution in [-0.2, 0) is 27.8 Å². The Labute approximate surface area is 120 Å². The molecule has 0 aromatic heterocycles. The van der Waals surface area contributed by atoms with E-state index < -0.39 is 10.0 Å². The SMILES string of the molecule is CN(Cc1cccc(CN)c1)S(=O)(=O)C1CCOCC1. The third-order valence-electron chi connectivity index (χ3n) is 3.66. The Morgan fingerprint density at radius 1 is 1.30 bits per heavy atom. The Morgan fingerprint density at radius 3 is 2.60 bits per heavy atom. The molecule has 112 valence electrons. The van der Waals surface area contributed by atoms with Crippen LogP contribution in [0.5, 0.6) is 0 Å². The summed E-state index contributed by atoms with van der Waals surface area (Å²) in [5.74, 6) is 0. The molecular formula is C14H22N2O3S. The molecule has 1 saturated heterocycles. The van der Waals surface area contributed by atoms with Gasteiger partial charge in [-0.15, -0.1) is 0 Å². The standard InChI is InChI=1S/C14H22N2O3S/c1-16(11-13-4-2-3-12(9-13)10-15)20(17,18)14-5-7-19-8-6-14/h2-4,9,14H,5-8,10-11,15H2,1H3. The second kappa shape index (κ2) is 6.67. The molecule has 1 aromatic rings. The summed E-state index contributed by atoms with van der Waals surface area (Å²) in [5.41, 5.74) is 7.58. The summed E-state index contributed by atoms with van der Waals surface area (Å²) >= 11 is 0. The quantitative estimate of drug-likeness (QED) is 0.883. The van der Waals surface area contributed by atoms with Gasteiger partial charge in [0.1, 0.15) is 0 Å². The molecule has 0 aliphatic carbocycles. The van der Waals surface area contributed by atoms with Crippen LogP contribution in [-0.4, -0.2) is 38.2 Å². The summed E-state index contributed by atoms with van der Waals surface area (Å²) in [4.78, 5) is 0. The molecule has 0 atom stereocenters. The number of sulfonamides is 1. The molecule has 5 nitrogen and oxygen atoms in total. The third-order valence-corrected chi connectivity index (χ3v) is 5.97. The van der Waals surface area contributed by atoms with Crippen molar-refractivity contribution >= 4 is 10.0 Å². The first-order valence-corrected chi connectivity index (χ1v) is 8.35. The third kappa shape index (κ3) is 3.58. The minimum Gasteiger partial charge on any atom is -0.381 e. The van der Waals surface area contributed by atoms with Gasteiger partial charge in [-0.2, -0.15) is 0 Å². The molecule has 6 heteroatoms. The highest BCUT2D eigenvalue weighted by Gasteiger charge is 2.31. The molecule has 0 bridgehead atoms. The van der Waals surface area contributed by atoms with Crippen molar-refractivity contribution in [1.29, 1.82) is 0 Å². The van der Waals surface area contributed by atoms with Crippen molar-refractivity contribution in [3.05, 3.63) is 35.4 Å². The van der Waals surface area contributed by atoms with E-state index in [1.54, 1.807) is 7.05 Å². The van der Waals surface area contributed by atoms with Crippen molar-refractivity contribution in [2.75, 3.05) is 20.3 Å². The number of ether oxygens (including phenoxy) is 1. The molecule has 1 aliphatic rings. The number of benzene rings is 1. The predicted octanol–water partition coefficient (Wildman–Crippen LogP) is 1.09. The van der Waals surface area contributed by atoms with Crippen molar-refractivity contribution in [3.8, 4) is 0 Å². The van der Waals surface area contributed by atoms with E-state index in [0.717, 1.165) is 11.1 Å². The number of hydrogen-bond acceptors (Lipinski definition) is 4. The van der Waals surface area contributed by atoms with E-state index in [4.69, 9.17) is 10.5 Å². The van der Waals surface area contributed by atoms with E-state index in [9.17, 15) is 8.42 Å². The van der Waals surface area contributed by atoms with Crippen LogP contribution < -0.4 is 5.73 Å². The van der Waals surface area contributed by atoms with Gasteiger partial charge in [0.05, 0.1) is 5.25 Å². The first kappa shape index (κ1) is 15.4. The lowest BCUT2D eigenvalue weighted by molar-refractivity contribution is 0.0973. The largest absolute Gasteiger partial charge is 0.381 e. The first-order chi connectivity index (χ1) is 9.54. The van der Waals surface area contributed by atoms with E-state index in [2.05, 4.69) is 0 Å². The Bertz CT molecular complexity index is 539. The molecule has 1 fully saturated rings. The van der Waals surface area contributed by atoms with Gasteiger partial charge in [-0.25, -0.2) is 12.7 Å². The highest BCUT2D eigenvalue weighted by molar-refractivity contribution is 7.89. The van der Waals surface area contributed by atoms with Gasteiger partial charge in [-0.1, -0.05) is 24.3 Å². The summed E-state index contributed by atoms with van der Waals surface area (Å²) in [5, 5.41) is -0.320. The Balaban J connectivity index is 2.07. The topological polar surface area (TPSA) is 72.6 Å². The molecule has 1 heterocycles. The van der Waals surface area contributed by atoms with Gasteiger partial charge in [0.25, 0.3) is 0 Å². The lowest BCUT2D eigenvalue weighted by Gasteiger charge is -2.27. The van der Waals surface area contributed by atoms with E-state index in [1.807, 2.05) is 24.3 Å². The second-order valence-electron chi connectivity index (χ2n) is 5.14. The average molecular weight is 298 g/mol. The molecule has 0 amide bonds. The molecule has 0 radical (unpaired) electrons. The molecule has 2 rings (SSSR count). The summed E-state index contributed by atoms with van der Waals surface area (Å²) < 4.78 is 31.6. The Kier molecular flexibility index (Phi) is 5.15. The second-order valence-corrected chi connectivity index (χ2v) is 7.46. The van der Waals surface area contributed by atoms with Crippen LogP contribution in [0.15, 0.2) is 24.3 Å². The number of nitrogens with two attached hydrogens (primary N) is 1. The first-order valence-electron chi connectivity index (χ1n) is 6.85. The van der Waals surface area contributed by atoms with Gasteiger partial charge < -0.3 is 10.5 Å². The fourth-order valence-corrected chi connectivity index (χ4v) is 4.06. The Hall–Kier alpha value is -0.950. The monoisotopic (exact) mass is 298 g/mol. The van der Waals surface area contributed by atoms with Crippen LogP contribution in [0.4, 0.5) is 0 Å². The highest BCUT2D eigenvalue weighted by Crippen LogP contribution is 2.20. The maximum absolute atomic E-state index is 12.5. The highest BCUT2D eigenvalue weighted by atomic mass is 32.2. The van der Waals surface area contributed by atoms with Crippen LogP contribution in [0.3, 0.4) is 0 Å². The van der Waals surface area contributed by atoms with E-state index in [-0.39, 0.29) is 5.25 Å². The van der Waals surface area contributed by atoms with Crippen LogP contribution in [0.2, 0.25) is 0 Å². The average Bonchev–Trinajstić information content (AvgIpc) is 2.48. The van der Waals surface area contributed by atoms with Crippen LogP contribution in [0.1, 0.15) is 24.0 Å². The Morgan fingerprint density at radius 2 is 1.95 bits per heavy atom. The summed E-state index contributed by atoms with van der Waals surface area (Å²) in [6, 6.07) is 7.73. The van der Waals surface area contributed by atoms with E-state index in [1.165, 1.54) is 4.31 Å². The molecule has 1 aromatic carbocycles. The molecule has 1 aliphatic heterocycles. The molecule has 2 N–H and O–H groups in total. The van der Waals surface area contributed by atoms with Crippen molar-refractivity contribution in [3.63, 3.8) is 0 Å². The van der Waals surface area contributed by atoms with Crippen molar-refractivity contribution in [1.82, 2.24) is 4.31 Å². The number of nitrogens with zero attached hydrogens (tertiary/aromatic N) is 1. The zero-order valence-electron chi connectivity index (χ0n) is 11.8. The predicted molar refractivity (Wildman–Crippen MR) is 78.6 cm³/mol. The minimum absolute atomic E-state index is 0.320. The lowest BCUT2D eigenvalue weighted by atomic mass is 10.1. The molecule has 0 spiro atoms. The fourth-order valence-electron chi connectivity index (χ4n) is 2.43. The van der Waals surface area contributed by atoms with Gasteiger partial charge in [-0.05, 0) is 24.0 Å². The summed E-state index contributed by atoms with van der Waals surface area (Å²) in [6.07, 6.45) is 1.16. The summed E-state index contributed by atoms with van der Waals surface area (Å²) in [7, 11) is -1.62. The maximum atomic E-state index is 12.5. The molecule has 0 saturated carbocycles. The maximum Gasteiger partial charge on any atom is 0.217 e. The van der Waals surface area contributed by atoms with Gasteiger partial charge in [0, 0.05) is 33.4 Å². The normalized spacial score (nSPS) is 17.6. The van der Waals surface area contributed by atoms with Crippen LogP contribution in [0.25, 0.3) is 0 Å². The van der Waals surface area contributed by atoms with Crippen LogP contribution in [0, 0.1) is 0 Å². The zero-order valence-corrected chi connectivity index (χ0v) is 12.6. The minimum atomic E-state index is -3.26. The van der Waals surface area contributed by atoms with Gasteiger partial charge >= 0.3 is 0 Å². The smallest absolute Gasteiger partial charge is 0.217 e. The van der Waals surface area contributed by atoms with Crippen molar-refractivity contribution in [2.24, 2.45) is 5.73 Å². The molecule has 0 unspecified atom stereocenters. The van der Waals surface area contributed by atoms with Crippen molar-refractivity contribution < 1.29 is 13.2 Å². The lowest BCUT2D eigenvalue weighted by Crippen LogP contribution is -2.38. The van der Waals surface area contributed by atoms with E-state index >= 15 is 0 Å². The van der Waals surface area contributed by atoms with Gasteiger partial charge in [0.2, 0.25) is 10.0 Å². The zero-order chi connectivity index (χ0) is 14.6.